The van der Waals surface area contributed by atoms with E-state index < -0.39 is 5.76 Å². The molecule has 3 aromatic heterocycles. The Balaban J connectivity index is 1.62. The topological polar surface area (TPSA) is 77.6 Å². The Kier molecular flexibility index (Phi) is 5.02. The summed E-state index contributed by atoms with van der Waals surface area (Å²) in [6, 6.07) is 12.1. The SMILES string of the molecule is O=C(Cn1c(SC(F)F)nc2ccccc21)Nc1cccnc1-n1cccn1. The highest BCUT2D eigenvalue weighted by atomic mass is 32.2. The summed E-state index contributed by atoms with van der Waals surface area (Å²) in [6.45, 7) is -0.164. The Morgan fingerprint density at radius 3 is 2.79 bits per heavy atom. The lowest BCUT2D eigenvalue weighted by molar-refractivity contribution is -0.116. The third-order valence-corrected chi connectivity index (χ3v) is 4.60. The highest BCUT2D eigenvalue weighted by molar-refractivity contribution is 7.99. The first-order chi connectivity index (χ1) is 13.6. The Hall–Kier alpha value is -3.27. The number of rotatable bonds is 6. The third kappa shape index (κ3) is 3.72. The lowest BCUT2D eigenvalue weighted by Crippen LogP contribution is -2.20. The molecule has 1 aromatic carbocycles. The van der Waals surface area contributed by atoms with Crippen molar-refractivity contribution in [1.82, 2.24) is 24.3 Å². The first kappa shape index (κ1) is 18.1. The van der Waals surface area contributed by atoms with Gasteiger partial charge in [-0.15, -0.1) is 0 Å². The summed E-state index contributed by atoms with van der Waals surface area (Å²) < 4.78 is 28.8. The van der Waals surface area contributed by atoms with Crippen molar-refractivity contribution in [3.05, 3.63) is 61.1 Å². The van der Waals surface area contributed by atoms with Crippen molar-refractivity contribution in [1.29, 1.82) is 0 Å². The zero-order valence-corrected chi connectivity index (χ0v) is 15.2. The van der Waals surface area contributed by atoms with Crippen LogP contribution in [0.1, 0.15) is 0 Å². The highest BCUT2D eigenvalue weighted by Gasteiger charge is 2.18. The van der Waals surface area contributed by atoms with Crippen molar-refractivity contribution >= 4 is 34.4 Å². The van der Waals surface area contributed by atoms with Crippen molar-refractivity contribution < 1.29 is 13.6 Å². The summed E-state index contributed by atoms with van der Waals surface area (Å²) in [5, 5.41) is 6.98. The van der Waals surface area contributed by atoms with Crippen molar-refractivity contribution in [2.45, 2.75) is 17.5 Å². The lowest BCUT2D eigenvalue weighted by Gasteiger charge is -2.12. The van der Waals surface area contributed by atoms with Gasteiger partial charge >= 0.3 is 0 Å². The van der Waals surface area contributed by atoms with Crippen molar-refractivity contribution in [3.63, 3.8) is 0 Å². The monoisotopic (exact) mass is 400 g/mol. The van der Waals surface area contributed by atoms with Gasteiger partial charge in [0.2, 0.25) is 5.91 Å². The molecule has 10 heteroatoms. The fraction of sp³-hybridized carbons (Fsp3) is 0.111. The minimum absolute atomic E-state index is 0.0878. The number of amides is 1. The van der Waals surface area contributed by atoms with E-state index in [0.717, 1.165) is 0 Å². The Labute approximate surface area is 162 Å². The van der Waals surface area contributed by atoms with Gasteiger partial charge in [-0.2, -0.15) is 13.9 Å². The number of para-hydroxylation sites is 2. The number of carbonyl (C=O) groups excluding carboxylic acids is 1. The molecule has 0 aliphatic carbocycles. The molecular weight excluding hydrogens is 386 g/mol. The number of aromatic nitrogens is 5. The number of pyridine rings is 1. The van der Waals surface area contributed by atoms with Crippen LogP contribution in [-0.4, -0.2) is 36.0 Å². The third-order valence-electron chi connectivity index (χ3n) is 3.90. The van der Waals surface area contributed by atoms with Gasteiger partial charge in [-0.1, -0.05) is 12.1 Å². The molecule has 0 fully saturated rings. The number of hydrogen-bond acceptors (Lipinski definition) is 5. The second-order valence-electron chi connectivity index (χ2n) is 5.72. The number of hydrogen-bond donors (Lipinski definition) is 1. The van der Waals surface area contributed by atoms with Gasteiger partial charge in [-0.3, -0.25) is 4.79 Å². The van der Waals surface area contributed by atoms with Crippen molar-refractivity contribution in [2.24, 2.45) is 0 Å². The number of alkyl halides is 2. The molecule has 0 spiro atoms. The number of fused-ring (bicyclic) bond motifs is 1. The van der Waals surface area contributed by atoms with Gasteiger partial charge < -0.3 is 9.88 Å². The maximum atomic E-state index is 12.9. The second-order valence-corrected chi connectivity index (χ2v) is 6.68. The number of imidazole rings is 1. The summed E-state index contributed by atoms with van der Waals surface area (Å²) in [6.07, 6.45) is 4.90. The van der Waals surface area contributed by atoms with Gasteiger partial charge in [-0.05, 0) is 42.1 Å². The maximum absolute atomic E-state index is 12.9. The van der Waals surface area contributed by atoms with Crippen LogP contribution in [0.15, 0.2) is 66.2 Å². The molecule has 0 bridgehead atoms. The number of benzene rings is 1. The Morgan fingerprint density at radius 1 is 1.14 bits per heavy atom. The number of anilines is 1. The fourth-order valence-electron chi connectivity index (χ4n) is 2.78. The van der Waals surface area contributed by atoms with Crippen LogP contribution in [0.2, 0.25) is 0 Å². The van der Waals surface area contributed by atoms with E-state index in [1.54, 1.807) is 61.1 Å². The van der Waals surface area contributed by atoms with E-state index in [9.17, 15) is 13.6 Å². The molecule has 0 atom stereocenters. The quantitative estimate of drug-likeness (QED) is 0.501. The Morgan fingerprint density at radius 2 is 2.00 bits per heavy atom. The summed E-state index contributed by atoms with van der Waals surface area (Å²) >= 11 is 0.312. The van der Waals surface area contributed by atoms with Crippen molar-refractivity contribution in [2.75, 3.05) is 5.32 Å². The van der Waals surface area contributed by atoms with Crippen LogP contribution in [0.5, 0.6) is 0 Å². The van der Waals surface area contributed by atoms with Crippen LogP contribution in [0.4, 0.5) is 14.5 Å². The molecule has 0 aliphatic heterocycles. The van der Waals surface area contributed by atoms with Gasteiger partial charge in [0.25, 0.3) is 5.76 Å². The zero-order chi connectivity index (χ0) is 19.5. The van der Waals surface area contributed by atoms with Crippen LogP contribution >= 0.6 is 11.8 Å². The summed E-state index contributed by atoms with van der Waals surface area (Å²) in [5.74, 6) is -2.57. The molecule has 0 saturated carbocycles. The van der Waals surface area contributed by atoms with E-state index in [-0.39, 0.29) is 17.6 Å². The smallest absolute Gasteiger partial charge is 0.291 e. The number of thioether (sulfide) groups is 1. The minimum atomic E-state index is -2.64. The van der Waals surface area contributed by atoms with Gasteiger partial charge in [0.1, 0.15) is 6.54 Å². The normalized spacial score (nSPS) is 11.2. The lowest BCUT2D eigenvalue weighted by atomic mass is 10.3. The molecule has 3 heterocycles. The standard InChI is InChI=1S/C18H14F2N6OS/c19-17(20)28-18-24-12-5-1-2-7-14(12)25(18)11-15(27)23-13-6-3-8-21-16(13)26-10-4-9-22-26/h1-10,17H,11H2,(H,23,27). The van der Waals surface area contributed by atoms with Crippen molar-refractivity contribution in [3.8, 4) is 5.82 Å². The van der Waals surface area contributed by atoms with Crippen LogP contribution in [-0.2, 0) is 11.3 Å². The first-order valence-electron chi connectivity index (χ1n) is 8.27. The molecule has 1 amide bonds. The second kappa shape index (κ2) is 7.77. The average molecular weight is 400 g/mol. The molecule has 0 radical (unpaired) electrons. The van der Waals surface area contributed by atoms with E-state index in [4.69, 9.17) is 0 Å². The zero-order valence-electron chi connectivity index (χ0n) is 14.4. The summed E-state index contributed by atoms with van der Waals surface area (Å²) in [4.78, 5) is 21.1. The van der Waals surface area contributed by atoms with Gasteiger partial charge in [0.05, 0.1) is 16.7 Å². The highest BCUT2D eigenvalue weighted by Crippen LogP contribution is 2.28. The predicted molar refractivity (Wildman–Crippen MR) is 102 cm³/mol. The van der Waals surface area contributed by atoms with Crippen LogP contribution in [0, 0.1) is 0 Å². The molecule has 0 unspecified atom stereocenters. The fourth-order valence-corrected chi connectivity index (χ4v) is 3.38. The molecule has 4 rings (SSSR count). The van der Waals surface area contributed by atoms with Crippen LogP contribution < -0.4 is 5.32 Å². The maximum Gasteiger partial charge on any atom is 0.291 e. The van der Waals surface area contributed by atoms with E-state index in [1.807, 2.05) is 0 Å². The molecule has 142 valence electrons. The predicted octanol–water partition coefficient (Wildman–Crippen LogP) is 3.57. The number of nitrogens with zero attached hydrogens (tertiary/aromatic N) is 5. The average Bonchev–Trinajstić information content (AvgIpc) is 3.31. The molecule has 1 N–H and O–H groups in total. The molecule has 0 aliphatic rings. The van der Waals surface area contributed by atoms with E-state index in [2.05, 4.69) is 20.4 Å². The van der Waals surface area contributed by atoms with Gasteiger partial charge in [-0.25, -0.2) is 14.6 Å². The summed E-state index contributed by atoms with van der Waals surface area (Å²) in [7, 11) is 0. The molecule has 7 nitrogen and oxygen atoms in total. The van der Waals surface area contributed by atoms with E-state index in [0.29, 0.717) is 34.3 Å². The van der Waals surface area contributed by atoms with E-state index in [1.165, 1.54) is 9.25 Å². The first-order valence-corrected chi connectivity index (χ1v) is 9.15. The molecule has 28 heavy (non-hydrogen) atoms. The largest absolute Gasteiger partial charge is 0.321 e. The number of nitrogens with one attached hydrogen (secondary N) is 1. The van der Waals surface area contributed by atoms with Crippen LogP contribution in [0.25, 0.3) is 16.9 Å². The molecule has 4 aromatic rings. The molecular formula is C18H14F2N6OS. The number of carbonyl (C=O) groups is 1. The molecule has 0 saturated heterocycles. The van der Waals surface area contributed by atoms with Gasteiger partial charge in [0, 0.05) is 18.6 Å². The minimum Gasteiger partial charge on any atom is -0.321 e. The van der Waals surface area contributed by atoms with E-state index >= 15 is 0 Å². The Bertz CT molecular complexity index is 1110. The van der Waals surface area contributed by atoms with Gasteiger partial charge in [0.15, 0.2) is 11.0 Å². The number of halogens is 2. The van der Waals surface area contributed by atoms with Crippen LogP contribution in [0.3, 0.4) is 0 Å². The summed E-state index contributed by atoms with van der Waals surface area (Å²) in [5.41, 5.74) is 1.63.